The van der Waals surface area contributed by atoms with Crippen LogP contribution < -0.4 is 10.6 Å². The van der Waals surface area contributed by atoms with E-state index in [0.29, 0.717) is 43.2 Å². The average Bonchev–Trinajstić information content (AvgIpc) is 3.46. The second-order valence-electron chi connectivity index (χ2n) is 11.3. The number of rotatable bonds is 8. The molecule has 1 aliphatic heterocycles. The van der Waals surface area contributed by atoms with Gasteiger partial charge in [-0.2, -0.15) is 26.3 Å². The molecule has 0 spiro atoms. The molecule has 1 aliphatic carbocycles. The summed E-state index contributed by atoms with van der Waals surface area (Å²) < 4.78 is 83.6. The van der Waals surface area contributed by atoms with Crippen LogP contribution in [-0.4, -0.2) is 69.2 Å². The quantitative estimate of drug-likeness (QED) is 0.343. The van der Waals surface area contributed by atoms with Crippen LogP contribution in [0.15, 0.2) is 12.3 Å². The van der Waals surface area contributed by atoms with Crippen molar-refractivity contribution in [3.63, 3.8) is 0 Å². The Balaban J connectivity index is 1.74. The Morgan fingerprint density at radius 2 is 1.85 bits per heavy atom. The van der Waals surface area contributed by atoms with Gasteiger partial charge in [0.25, 0.3) is 11.8 Å². The first-order valence-electron chi connectivity index (χ1n) is 13.1. The smallest absolute Gasteiger partial charge is 0.389 e. The number of halogens is 6. The van der Waals surface area contributed by atoms with E-state index in [4.69, 9.17) is 0 Å². The number of hydrogen-bond acceptors (Lipinski definition) is 7. The molecule has 41 heavy (non-hydrogen) atoms. The maximum atomic E-state index is 14.3. The molecule has 2 aliphatic rings. The van der Waals surface area contributed by atoms with Gasteiger partial charge < -0.3 is 20.6 Å². The lowest BCUT2D eigenvalue weighted by atomic mass is 9.68. The normalized spacial score (nSPS) is 19.2. The van der Waals surface area contributed by atoms with Crippen LogP contribution in [0.1, 0.15) is 78.7 Å². The molecular weight excluding hydrogens is 576 g/mol. The van der Waals surface area contributed by atoms with Gasteiger partial charge in [0.2, 0.25) is 0 Å². The zero-order chi connectivity index (χ0) is 30.4. The maximum Gasteiger partial charge on any atom is 0.417 e. The SMILES string of the molecule is CC1CCCN1C(=O)c1nc(C(=O)NCC(C)(C)O)sc1-c1cnc(NCC2(C(F)(F)F)CCC2)cc1C(F)(F)F. The molecule has 3 heterocycles. The summed E-state index contributed by atoms with van der Waals surface area (Å²) in [5.41, 5.74) is -5.41. The van der Waals surface area contributed by atoms with E-state index in [1.165, 1.54) is 18.7 Å². The summed E-state index contributed by atoms with van der Waals surface area (Å²) in [6.45, 7) is 4.26. The third-order valence-electron chi connectivity index (χ3n) is 7.49. The Bertz CT molecular complexity index is 1300. The molecule has 3 N–H and O–H groups in total. The monoisotopic (exact) mass is 607 g/mol. The second-order valence-corrected chi connectivity index (χ2v) is 12.3. The topological polar surface area (TPSA) is 107 Å². The van der Waals surface area contributed by atoms with Crippen LogP contribution in [0.25, 0.3) is 10.4 Å². The molecule has 2 amide bonds. The van der Waals surface area contributed by atoms with Crippen molar-refractivity contribution in [2.45, 2.75) is 76.9 Å². The highest BCUT2D eigenvalue weighted by Crippen LogP contribution is 2.53. The fourth-order valence-electron chi connectivity index (χ4n) is 4.88. The molecule has 1 saturated carbocycles. The fourth-order valence-corrected chi connectivity index (χ4v) is 5.88. The summed E-state index contributed by atoms with van der Waals surface area (Å²) in [6, 6.07) is 0.419. The Labute approximate surface area is 236 Å². The van der Waals surface area contributed by atoms with Gasteiger partial charge in [-0.05, 0) is 52.5 Å². The molecule has 2 aromatic heterocycles. The zero-order valence-corrected chi connectivity index (χ0v) is 23.5. The minimum absolute atomic E-state index is 0.132. The summed E-state index contributed by atoms with van der Waals surface area (Å²) in [5.74, 6) is -1.83. The number of carbonyl (C=O) groups is 2. The summed E-state index contributed by atoms with van der Waals surface area (Å²) in [5, 5.41) is 14.5. The van der Waals surface area contributed by atoms with E-state index in [1.807, 2.05) is 0 Å². The molecule has 15 heteroatoms. The molecule has 1 unspecified atom stereocenters. The highest BCUT2D eigenvalue weighted by molar-refractivity contribution is 7.17. The van der Waals surface area contributed by atoms with Crippen LogP contribution >= 0.6 is 11.3 Å². The number of likely N-dealkylation sites (tertiary alicyclic amines) is 1. The highest BCUT2D eigenvalue weighted by atomic mass is 32.1. The van der Waals surface area contributed by atoms with Crippen molar-refractivity contribution >= 4 is 29.0 Å². The van der Waals surface area contributed by atoms with Crippen LogP contribution in [0.2, 0.25) is 0 Å². The van der Waals surface area contributed by atoms with E-state index in [-0.39, 0.29) is 41.0 Å². The van der Waals surface area contributed by atoms with Crippen LogP contribution in [0.5, 0.6) is 0 Å². The van der Waals surface area contributed by atoms with E-state index in [2.05, 4.69) is 20.6 Å². The average molecular weight is 608 g/mol. The van der Waals surface area contributed by atoms with Crippen LogP contribution in [0, 0.1) is 5.41 Å². The highest BCUT2D eigenvalue weighted by Gasteiger charge is 2.58. The van der Waals surface area contributed by atoms with Crippen molar-refractivity contribution in [1.82, 2.24) is 20.2 Å². The zero-order valence-electron chi connectivity index (χ0n) is 22.7. The third-order valence-corrected chi connectivity index (χ3v) is 8.58. The first-order valence-corrected chi connectivity index (χ1v) is 13.9. The molecule has 1 saturated heterocycles. The molecule has 0 radical (unpaired) electrons. The minimum Gasteiger partial charge on any atom is -0.389 e. The number of nitrogens with one attached hydrogen (secondary N) is 2. The number of anilines is 1. The maximum absolute atomic E-state index is 14.3. The largest absolute Gasteiger partial charge is 0.417 e. The number of thiazole rings is 1. The fraction of sp³-hybridized carbons (Fsp3) is 0.615. The van der Waals surface area contributed by atoms with Gasteiger partial charge in [0, 0.05) is 37.4 Å². The van der Waals surface area contributed by atoms with Crippen molar-refractivity contribution in [2.75, 3.05) is 25.0 Å². The molecule has 1 atom stereocenters. The first-order chi connectivity index (χ1) is 18.9. The summed E-state index contributed by atoms with van der Waals surface area (Å²) >= 11 is 0.568. The Morgan fingerprint density at radius 3 is 2.37 bits per heavy atom. The van der Waals surface area contributed by atoms with Crippen molar-refractivity contribution in [2.24, 2.45) is 5.41 Å². The standard InChI is InChI=1S/C26H31F6N5O3S/c1-14-6-4-9-37(14)22(39)18-19(41-21(36-18)20(38)35-12-23(2,3)40)15-11-33-17(10-16(15)25(27,28)29)34-13-24(7-5-8-24)26(30,31)32/h10-11,14,40H,4-9,12-13H2,1-3H3,(H,33,34)(H,35,38). The Hall–Kier alpha value is -2.94. The van der Waals surface area contributed by atoms with Gasteiger partial charge in [0.1, 0.15) is 11.5 Å². The lowest BCUT2D eigenvalue weighted by Crippen LogP contribution is -2.48. The molecule has 4 rings (SSSR count). The van der Waals surface area contributed by atoms with Crippen molar-refractivity contribution in [3.8, 4) is 10.4 Å². The van der Waals surface area contributed by atoms with E-state index in [9.17, 15) is 41.0 Å². The number of amides is 2. The van der Waals surface area contributed by atoms with Crippen molar-refractivity contribution in [3.05, 3.63) is 28.5 Å². The summed E-state index contributed by atoms with van der Waals surface area (Å²) in [4.78, 5) is 35.6. The van der Waals surface area contributed by atoms with E-state index in [0.717, 1.165) is 6.20 Å². The van der Waals surface area contributed by atoms with Gasteiger partial charge in [0.15, 0.2) is 5.01 Å². The molecule has 2 aromatic rings. The van der Waals surface area contributed by atoms with E-state index >= 15 is 0 Å². The molecule has 2 fully saturated rings. The molecule has 0 bridgehead atoms. The molecular formula is C26H31F6N5O3S. The van der Waals surface area contributed by atoms with Gasteiger partial charge in [-0.15, -0.1) is 11.3 Å². The van der Waals surface area contributed by atoms with Crippen molar-refractivity contribution < 1.29 is 41.0 Å². The van der Waals surface area contributed by atoms with Gasteiger partial charge >= 0.3 is 12.4 Å². The van der Waals surface area contributed by atoms with Gasteiger partial charge in [-0.3, -0.25) is 9.59 Å². The number of alkyl halides is 6. The summed E-state index contributed by atoms with van der Waals surface area (Å²) in [7, 11) is 0. The molecule has 226 valence electrons. The lowest BCUT2D eigenvalue weighted by Gasteiger charge is -2.43. The van der Waals surface area contributed by atoms with E-state index in [1.54, 1.807) is 6.92 Å². The number of nitrogens with zero attached hydrogens (tertiary/aromatic N) is 3. The Morgan fingerprint density at radius 1 is 1.17 bits per heavy atom. The predicted octanol–water partition coefficient (Wildman–Crippen LogP) is 5.49. The number of aliphatic hydroxyl groups is 1. The number of aromatic nitrogens is 2. The van der Waals surface area contributed by atoms with Crippen LogP contribution in [-0.2, 0) is 6.18 Å². The van der Waals surface area contributed by atoms with E-state index < -0.39 is 58.7 Å². The summed E-state index contributed by atoms with van der Waals surface area (Å²) in [6.07, 6.45) is -7.16. The lowest BCUT2D eigenvalue weighted by molar-refractivity contribution is -0.244. The van der Waals surface area contributed by atoms with Crippen LogP contribution in [0.3, 0.4) is 0 Å². The Kier molecular flexibility index (Phi) is 8.35. The van der Waals surface area contributed by atoms with Gasteiger partial charge in [-0.1, -0.05) is 6.42 Å². The van der Waals surface area contributed by atoms with Gasteiger partial charge in [-0.25, -0.2) is 9.97 Å². The van der Waals surface area contributed by atoms with Crippen molar-refractivity contribution in [1.29, 1.82) is 0 Å². The van der Waals surface area contributed by atoms with Crippen LogP contribution in [0.4, 0.5) is 32.2 Å². The second kappa shape index (κ2) is 11.0. The predicted molar refractivity (Wildman–Crippen MR) is 140 cm³/mol. The number of carbonyl (C=O) groups excluding carboxylic acids is 2. The number of hydrogen-bond donors (Lipinski definition) is 3. The first kappa shape index (κ1) is 31.0. The number of pyridine rings is 1. The molecule has 0 aromatic carbocycles. The molecule has 8 nitrogen and oxygen atoms in total. The minimum atomic E-state index is -4.97. The van der Waals surface area contributed by atoms with Gasteiger partial charge in [0.05, 0.1) is 21.5 Å². The third kappa shape index (κ3) is 6.60.